The van der Waals surface area contributed by atoms with Gasteiger partial charge in [0, 0.05) is 61.5 Å². The van der Waals surface area contributed by atoms with Crippen LogP contribution in [0.25, 0.3) is 0 Å². The van der Waals surface area contributed by atoms with Crippen molar-refractivity contribution in [1.82, 2.24) is 0 Å². The molecule has 111 heavy (non-hydrogen) atoms. The van der Waals surface area contributed by atoms with Crippen LogP contribution in [-0.4, -0.2) is 179 Å². The van der Waals surface area contributed by atoms with Crippen LogP contribution in [-0.2, 0) is 17.8 Å². The number of hydrogen-bond donors (Lipinski definition) is 4. The molecule has 0 saturated carbocycles. The minimum absolute atomic E-state index is 0. The van der Waals surface area contributed by atoms with Crippen LogP contribution in [0.5, 0.6) is 0 Å². The topological polar surface area (TPSA) is 212 Å². The van der Waals surface area contributed by atoms with Gasteiger partial charge in [0.1, 0.15) is 0 Å². The molecule has 0 unspecified atom stereocenters. The van der Waals surface area contributed by atoms with Gasteiger partial charge in [-0.3, -0.25) is 0 Å². The number of unbranched alkanes of at least 4 members (excludes halogenated alkanes) is 17. The third kappa shape index (κ3) is 3300. The van der Waals surface area contributed by atoms with Gasteiger partial charge in [0.15, 0.2) is 16.6 Å². The van der Waals surface area contributed by atoms with Crippen molar-refractivity contribution in [3.63, 3.8) is 0 Å². The first kappa shape index (κ1) is 274. The van der Waals surface area contributed by atoms with Crippen molar-refractivity contribution in [2.24, 2.45) is 0 Å². The van der Waals surface area contributed by atoms with Crippen molar-refractivity contribution in [2.45, 2.75) is 558 Å². The van der Waals surface area contributed by atoms with E-state index in [1.165, 1.54) is 141 Å². The van der Waals surface area contributed by atoms with Gasteiger partial charge in [-0.25, -0.2) is 0 Å². The van der Waals surface area contributed by atoms with Crippen molar-refractivity contribution in [3.8, 4) is 0 Å². The number of rotatable bonds is 19. The molecule has 0 aromatic carbocycles. The molecule has 738 valence electrons. The first-order valence-corrected chi connectivity index (χ1v) is 67.0. The molecule has 0 spiro atoms. The van der Waals surface area contributed by atoms with E-state index >= 15 is 0 Å². The summed E-state index contributed by atoms with van der Waals surface area (Å²) in [4.78, 5) is 17.3. The summed E-state index contributed by atoms with van der Waals surface area (Å²) >= 11 is 0. The molecule has 0 heterocycles. The second-order valence-electron chi connectivity index (χ2n) is 23.3. The average molecular weight is 2130 g/mol. The maximum atomic E-state index is 8.66. The summed E-state index contributed by atoms with van der Waals surface area (Å²) in [7, 11) is -0.361. The molecule has 0 aliphatic rings. The Morgan fingerprint density at radius 2 is 0.315 bits per heavy atom. The summed E-state index contributed by atoms with van der Waals surface area (Å²) in [6.07, 6.45) is 34.6. The molecule has 0 aromatic rings. The van der Waals surface area contributed by atoms with E-state index in [-0.39, 0.29) is 125 Å². The fraction of sp³-hybridized carbons (Fsp3) is 0.988. The molecule has 25 heteroatoms. The van der Waals surface area contributed by atoms with Gasteiger partial charge in [0.25, 0.3) is 0 Å². The number of aliphatic hydroxyl groups excluding tert-OH is 2. The monoisotopic (exact) mass is 2130 g/mol. The molecule has 0 aliphatic heterocycles. The molecule has 0 aliphatic carbocycles. The van der Waals surface area contributed by atoms with Gasteiger partial charge in [-0.15, -0.1) is 0 Å². The number of aliphatic hydroxyl groups is 2. The second-order valence-corrected chi connectivity index (χ2v) is 45.2. The fourth-order valence-corrected chi connectivity index (χ4v) is 2.99. The van der Waals surface area contributed by atoms with Crippen LogP contribution in [0.3, 0.4) is 0 Å². The van der Waals surface area contributed by atoms with Gasteiger partial charge in [0.05, 0.1) is 0 Å². The zero-order valence-corrected chi connectivity index (χ0v) is 103. The van der Waals surface area contributed by atoms with Crippen LogP contribution in [0.2, 0.25) is 124 Å². The van der Waals surface area contributed by atoms with E-state index in [9.17, 15) is 0 Å². The Balaban J connectivity index is -0.0000000112. The maximum absolute atomic E-state index is 8.66. The van der Waals surface area contributed by atoms with Crippen LogP contribution >= 0.6 is 0 Å². The number of hydrogen-bond acceptors (Lipinski definition) is 8. The average Bonchev–Trinajstić information content (AvgIpc) is 2.07. The second kappa shape index (κ2) is 497. The standard InChI is InChI=1S/C16H34.2C5H12O.2C3H10OSi.3C3H10Si.6C3H8.2C2H8Si.7C2H6.C2H5.7CH4.4H2OSi.2H2O.Rf.3H4Si.2H2/c1-3-5-7-9-11-13-15-16-14-12-10-8-6-4-2;2*1-2-3-4-5-6;2*1-5(2,3)4;3*1-4(2)3;8*1-3-2;8*1-2;;;;;;;;4*1-2;;;;;;;;/h3-16H2,1-2H3;2*6H,2-5H2,1H3;2*4H,1-3H3;3*4H,1-3H3;8*3H2,1-2H3;7*1-2H3;1H2,2H3;7*1H4;4*2H2;2*1H2;;3*1H4;2*1H/q;;;;;;;;;;;;;;;;;;;;;;;-1;;;;;;;;;;;;;;;;;;;. The normalized spacial score (nSPS) is 6.47. The molecule has 8 N–H and O–H groups in total. The fourth-order valence-electron chi connectivity index (χ4n) is 2.99. The first-order chi connectivity index (χ1) is 46.3. The predicted octanol–water partition coefficient (Wildman–Crippen LogP) is 25.6. The molecular formula is C86H275O10RfSi14-. The van der Waals surface area contributed by atoms with Gasteiger partial charge < -0.3 is 55.5 Å². The van der Waals surface area contributed by atoms with E-state index in [4.69, 9.17) is 37.7 Å². The van der Waals surface area contributed by atoms with E-state index in [2.05, 4.69) is 203 Å². The summed E-state index contributed by atoms with van der Waals surface area (Å²) in [5, 5.41) is 16.4. The van der Waals surface area contributed by atoms with Crippen molar-refractivity contribution >= 4 is 135 Å². The molecule has 0 aromatic heterocycles. The van der Waals surface area contributed by atoms with E-state index in [0.29, 0.717) is 72.8 Å². The summed E-state index contributed by atoms with van der Waals surface area (Å²) in [6, 6.07) is 0. The van der Waals surface area contributed by atoms with Gasteiger partial charge in [-0.05, 0) is 85.0 Å². The largest absolute Gasteiger partial charge is 0.433 e. The Kier molecular flexibility index (Phi) is 1230. The molecular weight excluding hydrogens is 1850 g/mol. The summed E-state index contributed by atoms with van der Waals surface area (Å²) < 4.78 is 33.1. The Labute approximate surface area is 759 Å². The Hall–Kier alpha value is 0.996. The minimum Gasteiger partial charge on any atom is -0.433 e. The van der Waals surface area contributed by atoms with E-state index < -0.39 is 16.6 Å². The minimum atomic E-state index is -1.61. The molecule has 0 rings (SSSR count). The van der Waals surface area contributed by atoms with Gasteiger partial charge >= 0.3 is 0 Å². The van der Waals surface area contributed by atoms with Crippen molar-refractivity contribution in [2.75, 3.05) is 13.2 Å². The Morgan fingerprint density at radius 1 is 0.270 bits per heavy atom. The molecule has 0 radical (unpaired) electrons. The van der Waals surface area contributed by atoms with Crippen molar-refractivity contribution in [3.05, 3.63) is 6.92 Å². The summed E-state index contributed by atoms with van der Waals surface area (Å²) in [5.41, 5.74) is 0. The van der Waals surface area contributed by atoms with Crippen LogP contribution < -0.4 is 0 Å². The zero-order valence-electron chi connectivity index (χ0n) is 82.6. The van der Waals surface area contributed by atoms with Crippen LogP contribution in [0.1, 0.15) is 436 Å². The van der Waals surface area contributed by atoms with Crippen LogP contribution in [0.15, 0.2) is 0 Å². The van der Waals surface area contributed by atoms with E-state index in [1.807, 2.05) is 136 Å². The maximum Gasteiger partial charge on any atom is 0.245 e. The third-order valence-corrected chi connectivity index (χ3v) is 4.98. The summed E-state index contributed by atoms with van der Waals surface area (Å²) in [6.45, 7) is 109. The molecule has 0 amide bonds. The van der Waals surface area contributed by atoms with Crippen LogP contribution in [0, 0.1) is 6.92 Å². The molecule has 0 fully saturated rings. The van der Waals surface area contributed by atoms with Crippen molar-refractivity contribution < 1.29 is 51.5 Å². The predicted molar refractivity (Wildman–Crippen MR) is 611 cm³/mol. The van der Waals surface area contributed by atoms with E-state index in [0.717, 1.165) is 25.7 Å². The molecule has 0 saturated heterocycles. The third-order valence-electron chi connectivity index (χ3n) is 4.98. The van der Waals surface area contributed by atoms with Gasteiger partial charge in [-0.1, -0.05) is 499 Å². The molecule has 10 nitrogen and oxygen atoms in total. The zero-order chi connectivity index (χ0) is 86.9. The van der Waals surface area contributed by atoms with Gasteiger partial charge in [0.2, 0.25) is 40.5 Å². The molecule has 0 atom stereocenters. The van der Waals surface area contributed by atoms with Crippen molar-refractivity contribution in [1.29, 1.82) is 0 Å². The quantitative estimate of drug-likeness (QED) is 0.0554. The smallest absolute Gasteiger partial charge is 0.245 e. The first-order valence-electron chi connectivity index (χ1n) is 41.8. The summed E-state index contributed by atoms with van der Waals surface area (Å²) in [5.74, 6) is 0. The Morgan fingerprint density at radius 3 is 0.351 bits per heavy atom. The Bertz CT molecular complexity index is 632. The van der Waals surface area contributed by atoms with Gasteiger partial charge in [-0.2, -0.15) is 6.92 Å². The molecule has 0 bridgehead atoms. The SMILES string of the molecule is C.C.C.C.C.C.C.CC.CC.CC.CC.CC.CC.CC.CCC.CCC.CCC.CCC.CCC.CCC.CCCCCCCCCCCCCCCC.CCCCCO.CCCCCO.C[SiH2]C.C[SiH2]C.C[SiH](C)C.C[SiH](C)C.C[SiH](C)C.C[Si](C)(C)O.C[Si](C)(C)O.O.O.O=[SiH2].O=[SiH2].O=[SiH2].O=[SiH2].[CH2-]C.[HH].[HH].[Rf].[SiH4].[SiH4].[SiH4]. The van der Waals surface area contributed by atoms with E-state index in [1.54, 1.807) is 6.92 Å². The van der Waals surface area contributed by atoms with Crippen LogP contribution in [0.4, 0.5) is 0 Å².